The van der Waals surface area contributed by atoms with E-state index in [2.05, 4.69) is 21.3 Å². The zero-order valence-corrected chi connectivity index (χ0v) is 15.0. The van der Waals surface area contributed by atoms with Gasteiger partial charge in [0.05, 0.1) is 0 Å². The molecule has 140 valence electrons. The van der Waals surface area contributed by atoms with Crippen LogP contribution in [0.2, 0.25) is 0 Å². The third kappa shape index (κ3) is 6.99. The van der Waals surface area contributed by atoms with Crippen molar-refractivity contribution in [3.05, 3.63) is 48.5 Å². The van der Waals surface area contributed by atoms with E-state index in [1.807, 2.05) is 0 Å². The van der Waals surface area contributed by atoms with E-state index in [0.29, 0.717) is 22.7 Å². The van der Waals surface area contributed by atoms with Gasteiger partial charge in [-0.2, -0.15) is 0 Å². The Bertz CT molecular complexity index is 808. The molecule has 2 rings (SSSR count). The number of nitrogens with one attached hydrogen (secondary N) is 4. The van der Waals surface area contributed by atoms with Crippen molar-refractivity contribution in [2.75, 3.05) is 21.3 Å². The second-order valence-electron chi connectivity index (χ2n) is 5.80. The van der Waals surface area contributed by atoms with Gasteiger partial charge in [-0.15, -0.1) is 0 Å². The highest BCUT2D eigenvalue weighted by Gasteiger charge is 2.11. The molecule has 0 radical (unpaired) electrons. The Balaban J connectivity index is 1.91. The molecule has 0 aromatic heterocycles. The van der Waals surface area contributed by atoms with Gasteiger partial charge in [-0.3, -0.25) is 19.2 Å². The molecule has 0 saturated heterocycles. The third-order valence-electron chi connectivity index (χ3n) is 3.25. The zero-order valence-electron chi connectivity index (χ0n) is 15.0. The molecule has 0 heterocycles. The molecule has 0 unspecified atom stereocenters. The van der Waals surface area contributed by atoms with Crippen molar-refractivity contribution in [2.24, 2.45) is 0 Å². The second-order valence-corrected chi connectivity index (χ2v) is 5.80. The van der Waals surface area contributed by atoms with Crippen molar-refractivity contribution < 1.29 is 19.2 Å². The van der Waals surface area contributed by atoms with Gasteiger partial charge in [0.2, 0.25) is 23.6 Å². The minimum Gasteiger partial charge on any atom is -0.326 e. The molecule has 0 aliphatic carbocycles. The van der Waals surface area contributed by atoms with Crippen LogP contribution in [0.3, 0.4) is 0 Å². The van der Waals surface area contributed by atoms with Crippen LogP contribution >= 0.6 is 0 Å². The molecule has 0 aliphatic heterocycles. The molecular formula is C19H20N4O4. The summed E-state index contributed by atoms with van der Waals surface area (Å²) in [4.78, 5) is 46.2. The van der Waals surface area contributed by atoms with E-state index in [1.165, 1.54) is 13.8 Å². The fourth-order valence-electron chi connectivity index (χ4n) is 2.31. The Morgan fingerprint density at radius 1 is 0.630 bits per heavy atom. The minimum absolute atomic E-state index is 0.223. The van der Waals surface area contributed by atoms with Crippen molar-refractivity contribution in [2.45, 2.75) is 20.3 Å². The fourth-order valence-corrected chi connectivity index (χ4v) is 2.31. The maximum atomic E-state index is 12.0. The van der Waals surface area contributed by atoms with E-state index in [0.717, 1.165) is 0 Å². The molecule has 0 bridgehead atoms. The van der Waals surface area contributed by atoms with E-state index >= 15 is 0 Å². The Labute approximate surface area is 156 Å². The Kier molecular flexibility index (Phi) is 6.65. The lowest BCUT2D eigenvalue weighted by molar-refractivity contribution is -0.124. The number of benzene rings is 2. The van der Waals surface area contributed by atoms with Gasteiger partial charge >= 0.3 is 0 Å². The first-order chi connectivity index (χ1) is 12.8. The van der Waals surface area contributed by atoms with E-state index in [9.17, 15) is 19.2 Å². The van der Waals surface area contributed by atoms with Crippen molar-refractivity contribution in [1.29, 1.82) is 0 Å². The van der Waals surface area contributed by atoms with E-state index < -0.39 is 11.8 Å². The second kappa shape index (κ2) is 9.14. The molecule has 4 N–H and O–H groups in total. The molecular weight excluding hydrogens is 348 g/mol. The van der Waals surface area contributed by atoms with E-state index in [4.69, 9.17) is 0 Å². The number of carbonyl (C=O) groups is 4. The number of anilines is 4. The van der Waals surface area contributed by atoms with Crippen molar-refractivity contribution in [1.82, 2.24) is 0 Å². The predicted octanol–water partition coefficient (Wildman–Crippen LogP) is 2.57. The number of carbonyl (C=O) groups excluding carboxylic acids is 4. The van der Waals surface area contributed by atoms with Gasteiger partial charge < -0.3 is 21.3 Å². The average Bonchev–Trinajstić information content (AvgIpc) is 2.53. The summed E-state index contributed by atoms with van der Waals surface area (Å²) in [6, 6.07) is 13.2. The normalized spacial score (nSPS) is 9.85. The third-order valence-corrected chi connectivity index (χ3v) is 3.25. The first-order valence-electron chi connectivity index (χ1n) is 8.17. The molecule has 0 spiro atoms. The topological polar surface area (TPSA) is 116 Å². The monoisotopic (exact) mass is 368 g/mol. The summed E-state index contributed by atoms with van der Waals surface area (Å²) >= 11 is 0. The smallest absolute Gasteiger partial charge is 0.233 e. The lowest BCUT2D eigenvalue weighted by Crippen LogP contribution is -2.21. The molecule has 8 heteroatoms. The number of hydrogen-bond acceptors (Lipinski definition) is 4. The average molecular weight is 368 g/mol. The Morgan fingerprint density at radius 2 is 0.963 bits per heavy atom. The van der Waals surface area contributed by atoms with Gasteiger partial charge in [-0.1, -0.05) is 12.1 Å². The largest absolute Gasteiger partial charge is 0.326 e. The van der Waals surface area contributed by atoms with Crippen LogP contribution in [0.15, 0.2) is 48.5 Å². The molecule has 0 atom stereocenters. The lowest BCUT2D eigenvalue weighted by Gasteiger charge is -2.09. The minimum atomic E-state index is -0.495. The van der Waals surface area contributed by atoms with Crippen molar-refractivity contribution >= 4 is 46.4 Å². The van der Waals surface area contributed by atoms with Crippen LogP contribution in [-0.4, -0.2) is 23.6 Å². The Hall–Kier alpha value is -3.68. The standard InChI is InChI=1S/C19H20N4O4/c1-12(24)20-14-5-3-7-16(9-14)22-18(26)11-19(27)23-17-8-4-6-15(10-17)21-13(2)25/h3-10H,11H2,1-2H3,(H,20,24)(H,21,25)(H,22,26)(H,23,27). The van der Waals surface area contributed by atoms with Gasteiger partial charge in [0.25, 0.3) is 0 Å². The summed E-state index contributed by atoms with van der Waals surface area (Å²) in [5.41, 5.74) is 2.01. The summed E-state index contributed by atoms with van der Waals surface area (Å²) in [5.74, 6) is -1.44. The van der Waals surface area contributed by atoms with Crippen LogP contribution in [0.4, 0.5) is 22.7 Å². The molecule has 8 nitrogen and oxygen atoms in total. The van der Waals surface area contributed by atoms with Crippen LogP contribution in [0, 0.1) is 0 Å². The number of hydrogen-bond donors (Lipinski definition) is 4. The highest BCUT2D eigenvalue weighted by molar-refractivity contribution is 6.08. The first kappa shape index (κ1) is 19.6. The Morgan fingerprint density at radius 3 is 1.30 bits per heavy atom. The summed E-state index contributed by atoms with van der Waals surface area (Å²) in [6.07, 6.45) is -0.380. The van der Waals surface area contributed by atoms with Gasteiger partial charge in [-0.25, -0.2) is 0 Å². The molecule has 0 aliphatic rings. The van der Waals surface area contributed by atoms with Gasteiger partial charge in [0, 0.05) is 36.6 Å². The molecule has 4 amide bonds. The quantitative estimate of drug-likeness (QED) is 0.586. The molecule has 0 saturated carbocycles. The SMILES string of the molecule is CC(=O)Nc1cccc(NC(=O)CC(=O)Nc2cccc(NC(C)=O)c2)c1. The highest BCUT2D eigenvalue weighted by Crippen LogP contribution is 2.17. The van der Waals surface area contributed by atoms with Crippen LogP contribution in [0.25, 0.3) is 0 Å². The van der Waals surface area contributed by atoms with Crippen LogP contribution in [0.1, 0.15) is 20.3 Å². The zero-order chi connectivity index (χ0) is 19.8. The molecule has 2 aromatic carbocycles. The van der Waals surface area contributed by atoms with Gasteiger partial charge in [0.15, 0.2) is 0 Å². The summed E-state index contributed by atoms with van der Waals surface area (Å²) < 4.78 is 0. The number of amides is 4. The van der Waals surface area contributed by atoms with Crippen LogP contribution < -0.4 is 21.3 Å². The maximum absolute atomic E-state index is 12.0. The van der Waals surface area contributed by atoms with Crippen LogP contribution in [0.5, 0.6) is 0 Å². The lowest BCUT2D eigenvalue weighted by atomic mass is 10.2. The molecule has 0 fully saturated rings. The predicted molar refractivity (Wildman–Crippen MR) is 103 cm³/mol. The summed E-state index contributed by atoms with van der Waals surface area (Å²) in [6.45, 7) is 2.77. The van der Waals surface area contributed by atoms with Gasteiger partial charge in [0.1, 0.15) is 6.42 Å². The first-order valence-corrected chi connectivity index (χ1v) is 8.17. The molecule has 27 heavy (non-hydrogen) atoms. The van der Waals surface area contributed by atoms with Gasteiger partial charge in [-0.05, 0) is 36.4 Å². The fraction of sp³-hybridized carbons (Fsp3) is 0.158. The van der Waals surface area contributed by atoms with Crippen molar-refractivity contribution in [3.63, 3.8) is 0 Å². The summed E-state index contributed by atoms with van der Waals surface area (Å²) in [5, 5.41) is 10.4. The maximum Gasteiger partial charge on any atom is 0.233 e. The van der Waals surface area contributed by atoms with Crippen molar-refractivity contribution in [3.8, 4) is 0 Å². The number of rotatable bonds is 6. The summed E-state index contributed by atoms with van der Waals surface area (Å²) in [7, 11) is 0. The van der Waals surface area contributed by atoms with E-state index in [-0.39, 0.29) is 18.2 Å². The van der Waals surface area contributed by atoms with E-state index in [1.54, 1.807) is 48.5 Å². The van der Waals surface area contributed by atoms with Crippen LogP contribution in [-0.2, 0) is 19.2 Å². The highest BCUT2D eigenvalue weighted by atomic mass is 16.2. The molecule has 2 aromatic rings.